The van der Waals surface area contributed by atoms with Crippen LogP contribution in [0.25, 0.3) is 0 Å². The van der Waals surface area contributed by atoms with E-state index < -0.39 is 50.9 Å². The molecule has 41 heavy (non-hydrogen) atoms. The van der Waals surface area contributed by atoms with Gasteiger partial charge in [-0.05, 0) is 92.7 Å². The number of ether oxygens (including phenoxy) is 2. The Bertz CT molecular complexity index is 1220. The van der Waals surface area contributed by atoms with Crippen LogP contribution in [-0.4, -0.2) is 0 Å². The van der Waals surface area contributed by atoms with Gasteiger partial charge in [-0.2, -0.15) is 17.6 Å². The summed E-state index contributed by atoms with van der Waals surface area (Å²) in [6.07, 6.45) is 7.81. The molecule has 2 nitrogen and oxygen atoms in total. The first-order valence-corrected chi connectivity index (χ1v) is 14.6. The van der Waals surface area contributed by atoms with E-state index in [1.807, 2.05) is 0 Å². The quantitative estimate of drug-likeness (QED) is 0.158. The van der Waals surface area contributed by atoms with Crippen molar-refractivity contribution in [3.8, 4) is 11.5 Å². The Balaban J connectivity index is 1.40. The minimum absolute atomic E-state index is 0.0149. The Labute approximate surface area is 246 Å². The first-order valence-electron chi connectivity index (χ1n) is 13.9. The molecule has 0 atom stereocenters. The fourth-order valence-corrected chi connectivity index (χ4v) is 6.43. The van der Waals surface area contributed by atoms with E-state index in [2.05, 4.69) is 28.5 Å². The van der Waals surface area contributed by atoms with Crippen molar-refractivity contribution in [2.45, 2.75) is 76.7 Å². The first-order chi connectivity index (χ1) is 19.5. The highest BCUT2D eigenvalue weighted by atomic mass is 35.5. The number of rotatable bonds is 9. The van der Waals surface area contributed by atoms with E-state index in [-0.39, 0.29) is 12.2 Å². The van der Waals surface area contributed by atoms with Crippen molar-refractivity contribution in [3.63, 3.8) is 0 Å². The minimum atomic E-state index is -4.29. The van der Waals surface area contributed by atoms with E-state index in [9.17, 15) is 13.2 Å². The first kappa shape index (κ1) is 31.6. The molecular formula is C31H32Cl2F6O2. The van der Waals surface area contributed by atoms with Crippen LogP contribution in [0.3, 0.4) is 0 Å². The van der Waals surface area contributed by atoms with Crippen LogP contribution in [0.2, 0.25) is 10.0 Å². The van der Waals surface area contributed by atoms with Gasteiger partial charge >= 0.3 is 12.2 Å². The van der Waals surface area contributed by atoms with Gasteiger partial charge in [0.15, 0.2) is 17.8 Å². The maximum absolute atomic E-state index is 15.1. The normalized spacial score (nSPS) is 23.4. The SMILES string of the molecule is CCC1CCC(/C=C/C2CCC(c3cc(F)c(C(F)(F)Oc4cc(F)c(OC=C(F)F)c(Cl)c4)c(Cl)c3)CC2)CC1. The molecule has 0 bridgehead atoms. The molecule has 2 aromatic rings. The molecule has 0 heterocycles. The Morgan fingerprint density at radius 1 is 0.854 bits per heavy atom. The van der Waals surface area contributed by atoms with Crippen LogP contribution in [0, 0.1) is 29.4 Å². The summed E-state index contributed by atoms with van der Waals surface area (Å²) in [5, 5.41) is -1.13. The van der Waals surface area contributed by atoms with Crippen LogP contribution in [0.1, 0.15) is 81.8 Å². The zero-order valence-electron chi connectivity index (χ0n) is 22.6. The van der Waals surface area contributed by atoms with Gasteiger partial charge in [-0.1, -0.05) is 48.7 Å². The van der Waals surface area contributed by atoms with Crippen LogP contribution in [-0.2, 0) is 6.11 Å². The zero-order chi connectivity index (χ0) is 29.7. The molecular weight excluding hydrogens is 589 g/mol. The zero-order valence-corrected chi connectivity index (χ0v) is 24.1. The molecule has 224 valence electrons. The van der Waals surface area contributed by atoms with E-state index in [4.69, 9.17) is 23.2 Å². The van der Waals surface area contributed by atoms with Gasteiger partial charge in [0.05, 0.1) is 10.0 Å². The lowest BCUT2D eigenvalue weighted by molar-refractivity contribution is -0.187. The van der Waals surface area contributed by atoms with Gasteiger partial charge in [-0.25, -0.2) is 8.78 Å². The lowest BCUT2D eigenvalue weighted by Crippen LogP contribution is -2.24. The molecule has 0 aliphatic heterocycles. The standard InChI is InChI=1S/C31H32Cl2F6O2/c1-2-18-3-5-19(6-4-18)7-8-20-9-11-21(12-10-20)22-13-24(32)29(26(34)14-22)31(38,39)41-23-15-25(33)30(27(35)16-23)40-17-28(36)37/h7-8,13-21H,2-6,9-12H2,1H3/b8-7+. The molecule has 0 saturated heterocycles. The van der Waals surface area contributed by atoms with Crippen molar-refractivity contribution in [2.24, 2.45) is 17.8 Å². The summed E-state index contributed by atoms with van der Waals surface area (Å²) in [4.78, 5) is 0. The third kappa shape index (κ3) is 8.16. The van der Waals surface area contributed by atoms with Gasteiger partial charge < -0.3 is 9.47 Å². The predicted octanol–water partition coefficient (Wildman–Crippen LogP) is 11.6. The lowest BCUT2D eigenvalue weighted by Gasteiger charge is -2.29. The van der Waals surface area contributed by atoms with Crippen LogP contribution in [0.4, 0.5) is 26.3 Å². The Morgan fingerprint density at radius 3 is 2.00 bits per heavy atom. The molecule has 2 aliphatic rings. The second-order valence-corrected chi connectivity index (χ2v) is 11.7. The summed E-state index contributed by atoms with van der Waals surface area (Å²) in [6, 6.07) is 3.57. The summed E-state index contributed by atoms with van der Waals surface area (Å²) in [5.41, 5.74) is -0.660. The average molecular weight is 621 g/mol. The molecule has 0 radical (unpaired) electrons. The highest BCUT2D eigenvalue weighted by molar-refractivity contribution is 6.32. The molecule has 2 saturated carbocycles. The highest BCUT2D eigenvalue weighted by Gasteiger charge is 2.41. The minimum Gasteiger partial charge on any atom is -0.455 e. The fraction of sp³-hybridized carbons (Fsp3) is 0.484. The van der Waals surface area contributed by atoms with Gasteiger partial charge in [0.25, 0.3) is 0 Å². The smallest absolute Gasteiger partial charge is 0.431 e. The number of alkyl halides is 2. The summed E-state index contributed by atoms with van der Waals surface area (Å²) >= 11 is 11.9. The van der Waals surface area contributed by atoms with Crippen LogP contribution in [0.15, 0.2) is 48.8 Å². The summed E-state index contributed by atoms with van der Waals surface area (Å²) in [5.74, 6) is -2.25. The van der Waals surface area contributed by atoms with Gasteiger partial charge in [0.2, 0.25) is 0 Å². The third-order valence-electron chi connectivity index (χ3n) is 8.21. The second kappa shape index (κ2) is 13.8. The van der Waals surface area contributed by atoms with E-state index in [0.717, 1.165) is 43.7 Å². The predicted molar refractivity (Wildman–Crippen MR) is 148 cm³/mol. The van der Waals surface area contributed by atoms with Crippen molar-refractivity contribution in [1.82, 2.24) is 0 Å². The number of halogens is 8. The molecule has 2 fully saturated rings. The van der Waals surface area contributed by atoms with E-state index >= 15 is 13.2 Å². The van der Waals surface area contributed by atoms with Crippen molar-refractivity contribution in [1.29, 1.82) is 0 Å². The monoisotopic (exact) mass is 620 g/mol. The molecule has 0 aromatic heterocycles. The summed E-state index contributed by atoms with van der Waals surface area (Å²) in [6.45, 7) is 2.25. The maximum Gasteiger partial charge on any atom is 0.431 e. The molecule has 4 rings (SSSR count). The molecule has 2 aliphatic carbocycles. The van der Waals surface area contributed by atoms with E-state index in [1.54, 1.807) is 0 Å². The molecule has 10 heteroatoms. The van der Waals surface area contributed by atoms with Gasteiger partial charge in [-0.15, -0.1) is 0 Å². The van der Waals surface area contributed by atoms with Gasteiger partial charge in [0, 0.05) is 12.1 Å². The highest BCUT2D eigenvalue weighted by Crippen LogP contribution is 2.44. The Kier molecular flexibility index (Phi) is 10.6. The molecule has 0 amide bonds. The van der Waals surface area contributed by atoms with E-state index in [0.29, 0.717) is 23.5 Å². The van der Waals surface area contributed by atoms with Crippen molar-refractivity contribution in [2.75, 3.05) is 0 Å². The average Bonchev–Trinajstić information content (AvgIpc) is 2.91. The van der Waals surface area contributed by atoms with Crippen molar-refractivity contribution < 1.29 is 35.8 Å². The summed E-state index contributed by atoms with van der Waals surface area (Å²) < 4.78 is 92.8. The van der Waals surface area contributed by atoms with Crippen LogP contribution in [0.5, 0.6) is 11.5 Å². The molecule has 2 aromatic carbocycles. The number of hydrogen-bond acceptors (Lipinski definition) is 2. The van der Waals surface area contributed by atoms with E-state index in [1.165, 1.54) is 38.2 Å². The van der Waals surface area contributed by atoms with Crippen LogP contribution < -0.4 is 9.47 Å². The maximum atomic E-state index is 15.1. The topological polar surface area (TPSA) is 18.5 Å². The lowest BCUT2D eigenvalue weighted by atomic mass is 9.77. The second-order valence-electron chi connectivity index (χ2n) is 10.9. The Hall–Kier alpha value is -2.32. The van der Waals surface area contributed by atoms with Crippen molar-refractivity contribution >= 4 is 23.2 Å². The molecule has 0 spiro atoms. The summed E-state index contributed by atoms with van der Waals surface area (Å²) in [7, 11) is 0. The number of hydrogen-bond donors (Lipinski definition) is 0. The third-order valence-corrected chi connectivity index (χ3v) is 8.79. The van der Waals surface area contributed by atoms with Gasteiger partial charge in [0.1, 0.15) is 17.1 Å². The number of benzene rings is 2. The molecule has 0 unspecified atom stereocenters. The van der Waals surface area contributed by atoms with Crippen molar-refractivity contribution in [3.05, 3.63) is 81.6 Å². The Morgan fingerprint density at radius 2 is 1.46 bits per heavy atom. The van der Waals surface area contributed by atoms with Crippen LogP contribution >= 0.6 is 23.2 Å². The largest absolute Gasteiger partial charge is 0.455 e. The van der Waals surface area contributed by atoms with Gasteiger partial charge in [-0.3, -0.25) is 0 Å². The number of allylic oxidation sites excluding steroid dienone is 2. The fourth-order valence-electron chi connectivity index (χ4n) is 5.87. The molecule has 0 N–H and O–H groups in total.